The first-order valence-corrected chi connectivity index (χ1v) is 12.8. The smallest absolute Gasteiger partial charge is 0.266 e. The minimum absolute atomic E-state index is 0.0379. The summed E-state index contributed by atoms with van der Waals surface area (Å²) in [6, 6.07) is 17.5. The Balaban J connectivity index is 1.45. The molecule has 0 atom stereocenters. The molecule has 0 spiro atoms. The Hall–Kier alpha value is -3.85. The number of oxazole rings is 1. The molecule has 35 heavy (non-hydrogen) atoms. The van der Waals surface area contributed by atoms with Crippen molar-refractivity contribution in [3.05, 3.63) is 83.6 Å². The SMILES string of the molecule is Cc1ccc(S(=O)(=O)c2nc(-c3ccco3)oc2N2CCN(C(=O)c3ccccc3C)CC2)cc1. The lowest BCUT2D eigenvalue weighted by Gasteiger charge is -2.35. The number of nitrogens with zero attached hydrogens (tertiary/aromatic N) is 3. The van der Waals surface area contributed by atoms with Crippen molar-refractivity contribution in [2.75, 3.05) is 31.1 Å². The van der Waals surface area contributed by atoms with Gasteiger partial charge in [-0.15, -0.1) is 0 Å². The summed E-state index contributed by atoms with van der Waals surface area (Å²) in [4.78, 5) is 21.1. The number of sulfone groups is 1. The summed E-state index contributed by atoms with van der Waals surface area (Å²) < 4.78 is 38.4. The first-order chi connectivity index (χ1) is 16.8. The van der Waals surface area contributed by atoms with Gasteiger partial charge in [0.2, 0.25) is 20.7 Å². The van der Waals surface area contributed by atoms with E-state index in [2.05, 4.69) is 4.98 Å². The van der Waals surface area contributed by atoms with Crippen molar-refractivity contribution in [2.45, 2.75) is 23.8 Å². The maximum Gasteiger partial charge on any atom is 0.266 e. The van der Waals surface area contributed by atoms with E-state index in [-0.39, 0.29) is 27.6 Å². The number of hydrogen-bond donors (Lipinski definition) is 0. The van der Waals surface area contributed by atoms with Gasteiger partial charge in [0.05, 0.1) is 11.2 Å². The summed E-state index contributed by atoms with van der Waals surface area (Å²) in [5.74, 6) is 0.545. The Morgan fingerprint density at radius 1 is 0.914 bits per heavy atom. The van der Waals surface area contributed by atoms with Crippen LogP contribution in [0.25, 0.3) is 11.7 Å². The first-order valence-electron chi connectivity index (χ1n) is 11.3. The highest BCUT2D eigenvalue weighted by Gasteiger charge is 2.34. The fourth-order valence-electron chi connectivity index (χ4n) is 4.10. The molecule has 1 fully saturated rings. The van der Waals surface area contributed by atoms with Crippen LogP contribution in [0.4, 0.5) is 5.88 Å². The van der Waals surface area contributed by atoms with E-state index in [4.69, 9.17) is 8.83 Å². The summed E-state index contributed by atoms with van der Waals surface area (Å²) in [6.07, 6.45) is 1.48. The van der Waals surface area contributed by atoms with E-state index in [1.165, 1.54) is 6.26 Å². The molecular formula is C26H25N3O5S. The largest absolute Gasteiger partial charge is 0.459 e. The van der Waals surface area contributed by atoms with Gasteiger partial charge in [0.15, 0.2) is 5.76 Å². The third-order valence-corrected chi connectivity index (χ3v) is 7.79. The molecule has 4 aromatic rings. The predicted molar refractivity (Wildman–Crippen MR) is 130 cm³/mol. The molecule has 1 aliphatic heterocycles. The number of piperazine rings is 1. The van der Waals surface area contributed by atoms with Gasteiger partial charge in [-0.3, -0.25) is 4.79 Å². The van der Waals surface area contributed by atoms with Crippen LogP contribution in [0.3, 0.4) is 0 Å². The molecule has 5 rings (SSSR count). The van der Waals surface area contributed by atoms with Crippen LogP contribution in [0.5, 0.6) is 0 Å². The molecule has 0 radical (unpaired) electrons. The van der Waals surface area contributed by atoms with Gasteiger partial charge in [-0.05, 0) is 49.7 Å². The summed E-state index contributed by atoms with van der Waals surface area (Å²) in [7, 11) is -3.95. The average molecular weight is 492 g/mol. The van der Waals surface area contributed by atoms with Crippen LogP contribution in [0.1, 0.15) is 21.5 Å². The second kappa shape index (κ2) is 9.07. The van der Waals surface area contributed by atoms with Crippen LogP contribution in [0, 0.1) is 13.8 Å². The van der Waals surface area contributed by atoms with Crippen molar-refractivity contribution in [3.8, 4) is 11.7 Å². The van der Waals surface area contributed by atoms with Crippen LogP contribution in [-0.2, 0) is 9.84 Å². The Morgan fingerprint density at radius 2 is 1.63 bits per heavy atom. The lowest BCUT2D eigenvalue weighted by molar-refractivity contribution is 0.0744. The number of benzene rings is 2. The van der Waals surface area contributed by atoms with Crippen molar-refractivity contribution in [1.82, 2.24) is 9.88 Å². The topological polar surface area (TPSA) is 96.9 Å². The molecule has 8 nitrogen and oxygen atoms in total. The molecule has 0 aliphatic carbocycles. The zero-order valence-electron chi connectivity index (χ0n) is 19.5. The summed E-state index contributed by atoms with van der Waals surface area (Å²) in [5, 5.41) is -0.161. The molecule has 1 aliphatic rings. The molecular weight excluding hydrogens is 466 g/mol. The fourth-order valence-corrected chi connectivity index (χ4v) is 5.42. The molecule has 180 valence electrons. The zero-order chi connectivity index (χ0) is 24.6. The molecule has 1 amide bonds. The second-order valence-corrected chi connectivity index (χ2v) is 10.4. The molecule has 0 unspecified atom stereocenters. The summed E-state index contributed by atoms with van der Waals surface area (Å²) >= 11 is 0. The van der Waals surface area contributed by atoms with E-state index in [1.54, 1.807) is 41.3 Å². The monoisotopic (exact) mass is 491 g/mol. The van der Waals surface area contributed by atoms with Crippen LogP contribution >= 0.6 is 0 Å². The highest BCUT2D eigenvalue weighted by molar-refractivity contribution is 7.91. The molecule has 2 aromatic carbocycles. The normalized spacial score (nSPS) is 14.3. The highest BCUT2D eigenvalue weighted by Crippen LogP contribution is 2.35. The number of carbonyl (C=O) groups is 1. The van der Waals surface area contributed by atoms with Gasteiger partial charge in [-0.2, -0.15) is 4.98 Å². The Kier molecular flexibility index (Phi) is 5.94. The number of rotatable bonds is 5. The van der Waals surface area contributed by atoms with E-state index < -0.39 is 9.84 Å². The third-order valence-electron chi connectivity index (χ3n) is 6.13. The Labute approximate surface area is 203 Å². The van der Waals surface area contributed by atoms with E-state index in [1.807, 2.05) is 43.0 Å². The van der Waals surface area contributed by atoms with Gasteiger partial charge in [0, 0.05) is 31.7 Å². The lowest BCUT2D eigenvalue weighted by Crippen LogP contribution is -2.49. The number of carbonyl (C=O) groups excluding carboxylic acids is 1. The number of aryl methyl sites for hydroxylation is 2. The van der Waals surface area contributed by atoms with Gasteiger partial charge in [0.1, 0.15) is 0 Å². The minimum atomic E-state index is -3.95. The minimum Gasteiger partial charge on any atom is -0.459 e. The average Bonchev–Trinajstić information content (AvgIpc) is 3.55. The van der Waals surface area contributed by atoms with Gasteiger partial charge >= 0.3 is 0 Å². The maximum absolute atomic E-state index is 13.5. The van der Waals surface area contributed by atoms with Crippen molar-refractivity contribution in [1.29, 1.82) is 0 Å². The molecule has 0 saturated carbocycles. The van der Waals surface area contributed by atoms with E-state index in [0.29, 0.717) is 37.5 Å². The van der Waals surface area contributed by atoms with Gasteiger partial charge in [-0.25, -0.2) is 8.42 Å². The number of hydrogen-bond acceptors (Lipinski definition) is 7. The molecule has 1 saturated heterocycles. The number of furan rings is 1. The molecule has 0 bridgehead atoms. The van der Waals surface area contributed by atoms with Crippen molar-refractivity contribution in [3.63, 3.8) is 0 Å². The van der Waals surface area contributed by atoms with Gasteiger partial charge in [0.25, 0.3) is 11.8 Å². The molecule has 0 N–H and O–H groups in total. The first kappa shape index (κ1) is 22.9. The van der Waals surface area contributed by atoms with Gasteiger partial charge in [-0.1, -0.05) is 35.9 Å². The number of aromatic nitrogens is 1. The van der Waals surface area contributed by atoms with Crippen molar-refractivity contribution in [2.24, 2.45) is 0 Å². The maximum atomic E-state index is 13.5. The zero-order valence-corrected chi connectivity index (χ0v) is 20.3. The van der Waals surface area contributed by atoms with E-state index >= 15 is 0 Å². The van der Waals surface area contributed by atoms with Crippen LogP contribution in [-0.4, -0.2) is 50.4 Å². The lowest BCUT2D eigenvalue weighted by atomic mass is 10.1. The van der Waals surface area contributed by atoms with Crippen LogP contribution < -0.4 is 4.90 Å². The quantitative estimate of drug-likeness (QED) is 0.409. The molecule has 9 heteroatoms. The Morgan fingerprint density at radius 3 is 2.29 bits per heavy atom. The molecule has 3 heterocycles. The van der Waals surface area contributed by atoms with Crippen LogP contribution in [0.2, 0.25) is 0 Å². The predicted octanol–water partition coefficient (Wildman–Crippen LogP) is 4.35. The van der Waals surface area contributed by atoms with E-state index in [9.17, 15) is 13.2 Å². The van der Waals surface area contributed by atoms with E-state index in [0.717, 1.165) is 11.1 Å². The standard InChI is InChI=1S/C26H25N3O5S/c1-18-9-11-20(12-10-18)35(31,32)24-26(34-23(27-24)22-8-5-17-33-22)29-15-13-28(14-16-29)25(30)21-7-4-3-6-19(21)2/h3-12,17H,13-16H2,1-2H3. The fraction of sp³-hybridized carbons (Fsp3) is 0.231. The third kappa shape index (κ3) is 4.35. The highest BCUT2D eigenvalue weighted by atomic mass is 32.2. The summed E-state index contributed by atoms with van der Waals surface area (Å²) in [5.41, 5.74) is 2.54. The number of amides is 1. The van der Waals surface area contributed by atoms with Gasteiger partial charge < -0.3 is 18.6 Å². The van der Waals surface area contributed by atoms with Crippen LogP contribution in [0.15, 0.2) is 85.7 Å². The van der Waals surface area contributed by atoms with Crippen molar-refractivity contribution >= 4 is 21.6 Å². The number of anilines is 1. The second-order valence-electron chi connectivity index (χ2n) is 8.52. The summed E-state index contributed by atoms with van der Waals surface area (Å²) in [6.45, 7) is 5.46. The Bertz CT molecular complexity index is 1450. The molecule has 2 aromatic heterocycles. The van der Waals surface area contributed by atoms with Crippen molar-refractivity contribution < 1.29 is 22.0 Å².